The Labute approximate surface area is 122 Å². The van der Waals surface area contributed by atoms with Crippen molar-refractivity contribution in [3.8, 4) is 0 Å². The van der Waals surface area contributed by atoms with E-state index in [-0.39, 0.29) is 17.4 Å². The molecule has 1 heterocycles. The third-order valence-corrected chi connectivity index (χ3v) is 3.68. The van der Waals surface area contributed by atoms with Crippen LogP contribution in [0.15, 0.2) is 18.2 Å². The van der Waals surface area contributed by atoms with E-state index in [1.165, 1.54) is 13.2 Å². The topological polar surface area (TPSA) is 67.4 Å². The maximum Gasteiger partial charge on any atom is 0.339 e. The van der Waals surface area contributed by atoms with Gasteiger partial charge in [0, 0.05) is 11.6 Å². The van der Waals surface area contributed by atoms with Crippen LogP contribution in [0.5, 0.6) is 0 Å². The number of anilines is 1. The van der Waals surface area contributed by atoms with Crippen LogP contribution < -0.4 is 10.6 Å². The van der Waals surface area contributed by atoms with Crippen molar-refractivity contribution >= 4 is 29.2 Å². The number of ether oxygens (including phenoxy) is 1. The van der Waals surface area contributed by atoms with Gasteiger partial charge in [-0.3, -0.25) is 4.79 Å². The minimum Gasteiger partial charge on any atom is -0.465 e. The van der Waals surface area contributed by atoms with Crippen LogP contribution in [0, 0.1) is 5.92 Å². The normalized spacial score (nSPS) is 15.7. The summed E-state index contributed by atoms with van der Waals surface area (Å²) < 4.78 is 4.65. The fourth-order valence-electron chi connectivity index (χ4n) is 2.20. The number of esters is 1. The number of hydrogen-bond acceptors (Lipinski definition) is 4. The van der Waals surface area contributed by atoms with Gasteiger partial charge in [0.15, 0.2) is 0 Å². The number of hydrogen-bond donors (Lipinski definition) is 2. The number of carbonyl (C=O) groups excluding carboxylic acids is 2. The molecule has 108 valence electrons. The van der Waals surface area contributed by atoms with Crippen LogP contribution in [0.2, 0.25) is 5.02 Å². The second-order valence-corrected chi connectivity index (χ2v) is 5.11. The summed E-state index contributed by atoms with van der Waals surface area (Å²) in [4.78, 5) is 23.7. The Bertz CT molecular complexity index is 513. The van der Waals surface area contributed by atoms with Crippen molar-refractivity contribution in [3.05, 3.63) is 28.8 Å². The number of carbonyl (C=O) groups is 2. The summed E-state index contributed by atoms with van der Waals surface area (Å²) in [6, 6.07) is 4.78. The number of nitrogens with one attached hydrogen (secondary N) is 2. The van der Waals surface area contributed by atoms with Crippen molar-refractivity contribution in [2.45, 2.75) is 12.8 Å². The van der Waals surface area contributed by atoms with Gasteiger partial charge in [0.1, 0.15) is 0 Å². The Morgan fingerprint density at radius 2 is 2.05 bits per heavy atom. The highest BCUT2D eigenvalue weighted by Crippen LogP contribution is 2.22. The maximum atomic E-state index is 12.1. The molecule has 0 aromatic heterocycles. The first-order valence-corrected chi connectivity index (χ1v) is 6.89. The number of halogens is 1. The molecule has 0 spiro atoms. The quantitative estimate of drug-likeness (QED) is 0.838. The Kier molecular flexibility index (Phi) is 4.98. The summed E-state index contributed by atoms with van der Waals surface area (Å²) in [5, 5.41) is 6.34. The molecular formula is C14H17ClN2O3. The van der Waals surface area contributed by atoms with Crippen molar-refractivity contribution in [3.63, 3.8) is 0 Å². The van der Waals surface area contributed by atoms with Crippen LogP contribution in [-0.2, 0) is 9.53 Å². The lowest BCUT2D eigenvalue weighted by Gasteiger charge is -2.21. The number of benzene rings is 1. The van der Waals surface area contributed by atoms with Gasteiger partial charge in [-0.1, -0.05) is 11.6 Å². The summed E-state index contributed by atoms with van der Waals surface area (Å²) in [5.74, 6) is -0.536. The molecule has 0 aliphatic carbocycles. The molecule has 1 amide bonds. The lowest BCUT2D eigenvalue weighted by Crippen LogP contribution is -2.34. The SMILES string of the molecule is COC(=O)c1cc(NC(=O)C2CCNCC2)ccc1Cl. The molecule has 2 rings (SSSR count). The van der Waals surface area contributed by atoms with Crippen LogP contribution in [0.4, 0.5) is 5.69 Å². The summed E-state index contributed by atoms with van der Waals surface area (Å²) >= 11 is 5.93. The van der Waals surface area contributed by atoms with Gasteiger partial charge in [0.25, 0.3) is 0 Å². The largest absolute Gasteiger partial charge is 0.465 e. The van der Waals surface area contributed by atoms with E-state index < -0.39 is 5.97 Å². The van der Waals surface area contributed by atoms with E-state index in [9.17, 15) is 9.59 Å². The molecule has 0 saturated carbocycles. The lowest BCUT2D eigenvalue weighted by atomic mass is 9.97. The van der Waals surface area contributed by atoms with Gasteiger partial charge in [-0.05, 0) is 44.1 Å². The molecule has 5 nitrogen and oxygen atoms in total. The molecule has 6 heteroatoms. The van der Waals surface area contributed by atoms with Gasteiger partial charge in [-0.15, -0.1) is 0 Å². The van der Waals surface area contributed by atoms with Crippen LogP contribution in [0.1, 0.15) is 23.2 Å². The molecule has 1 aromatic carbocycles. The summed E-state index contributed by atoms with van der Waals surface area (Å²) in [5.41, 5.74) is 0.801. The van der Waals surface area contributed by atoms with E-state index in [2.05, 4.69) is 15.4 Å². The van der Waals surface area contributed by atoms with Gasteiger partial charge in [-0.25, -0.2) is 4.79 Å². The van der Waals surface area contributed by atoms with E-state index in [0.29, 0.717) is 10.7 Å². The Morgan fingerprint density at radius 1 is 1.35 bits per heavy atom. The zero-order chi connectivity index (χ0) is 14.5. The number of rotatable bonds is 3. The first-order chi connectivity index (χ1) is 9.61. The van der Waals surface area contributed by atoms with Gasteiger partial charge >= 0.3 is 5.97 Å². The smallest absolute Gasteiger partial charge is 0.339 e. The average Bonchev–Trinajstić information content (AvgIpc) is 2.49. The monoisotopic (exact) mass is 296 g/mol. The highest BCUT2D eigenvalue weighted by molar-refractivity contribution is 6.33. The fraction of sp³-hybridized carbons (Fsp3) is 0.429. The lowest BCUT2D eigenvalue weighted by molar-refractivity contribution is -0.120. The predicted molar refractivity (Wildman–Crippen MR) is 77.0 cm³/mol. The van der Waals surface area contributed by atoms with Gasteiger partial charge in [0.05, 0.1) is 17.7 Å². The molecule has 0 atom stereocenters. The molecular weight excluding hydrogens is 280 g/mol. The number of piperidine rings is 1. The van der Waals surface area contributed by atoms with Crippen molar-refractivity contribution in [2.75, 3.05) is 25.5 Å². The molecule has 1 aliphatic rings. The molecule has 0 radical (unpaired) electrons. The van der Waals surface area contributed by atoms with E-state index in [1.807, 2.05) is 0 Å². The number of methoxy groups -OCH3 is 1. The minimum atomic E-state index is -0.520. The molecule has 1 aromatic rings. The van der Waals surface area contributed by atoms with Crippen molar-refractivity contribution in [1.29, 1.82) is 0 Å². The molecule has 20 heavy (non-hydrogen) atoms. The third kappa shape index (κ3) is 3.49. The summed E-state index contributed by atoms with van der Waals surface area (Å²) in [6.07, 6.45) is 1.65. The highest BCUT2D eigenvalue weighted by Gasteiger charge is 2.21. The van der Waals surface area contributed by atoms with E-state index in [0.717, 1.165) is 25.9 Å². The van der Waals surface area contributed by atoms with Gasteiger partial charge in [0.2, 0.25) is 5.91 Å². The second kappa shape index (κ2) is 6.72. The van der Waals surface area contributed by atoms with Crippen molar-refractivity contribution in [1.82, 2.24) is 5.32 Å². The maximum absolute atomic E-state index is 12.1. The summed E-state index contributed by atoms with van der Waals surface area (Å²) in [6.45, 7) is 1.71. The van der Waals surface area contributed by atoms with Crippen LogP contribution in [-0.4, -0.2) is 32.1 Å². The minimum absolute atomic E-state index is 0.00787. The zero-order valence-corrected chi connectivity index (χ0v) is 12.0. The van der Waals surface area contributed by atoms with E-state index in [1.54, 1.807) is 12.1 Å². The molecule has 1 aliphatic heterocycles. The first kappa shape index (κ1) is 14.8. The molecule has 0 bridgehead atoms. The van der Waals surface area contributed by atoms with Crippen molar-refractivity contribution in [2.24, 2.45) is 5.92 Å². The fourth-order valence-corrected chi connectivity index (χ4v) is 2.39. The second-order valence-electron chi connectivity index (χ2n) is 4.70. The van der Waals surface area contributed by atoms with E-state index >= 15 is 0 Å². The van der Waals surface area contributed by atoms with Crippen LogP contribution in [0.25, 0.3) is 0 Å². The average molecular weight is 297 g/mol. The predicted octanol–water partition coefficient (Wildman–Crippen LogP) is 2.06. The highest BCUT2D eigenvalue weighted by atomic mass is 35.5. The van der Waals surface area contributed by atoms with Gasteiger partial charge < -0.3 is 15.4 Å². The Balaban J connectivity index is 2.09. The van der Waals surface area contributed by atoms with Crippen LogP contribution in [0.3, 0.4) is 0 Å². The first-order valence-electron chi connectivity index (χ1n) is 6.51. The number of amides is 1. The molecule has 1 fully saturated rings. The molecule has 2 N–H and O–H groups in total. The third-order valence-electron chi connectivity index (χ3n) is 3.35. The Morgan fingerprint density at radius 3 is 2.70 bits per heavy atom. The van der Waals surface area contributed by atoms with Crippen molar-refractivity contribution < 1.29 is 14.3 Å². The molecule has 0 unspecified atom stereocenters. The van der Waals surface area contributed by atoms with Crippen LogP contribution >= 0.6 is 11.6 Å². The van der Waals surface area contributed by atoms with E-state index in [4.69, 9.17) is 11.6 Å². The zero-order valence-electron chi connectivity index (χ0n) is 11.2. The van der Waals surface area contributed by atoms with Gasteiger partial charge in [-0.2, -0.15) is 0 Å². The standard InChI is InChI=1S/C14H17ClN2O3/c1-20-14(19)11-8-10(2-3-12(11)15)17-13(18)9-4-6-16-7-5-9/h2-3,8-9,16H,4-7H2,1H3,(H,17,18). The Hall–Kier alpha value is -1.59. The summed E-state index contributed by atoms with van der Waals surface area (Å²) in [7, 11) is 1.29. The molecule has 1 saturated heterocycles.